The first-order valence-corrected chi connectivity index (χ1v) is 5.40. The molecule has 4 heteroatoms. The van der Waals surface area contributed by atoms with Gasteiger partial charge >= 0.3 is 5.97 Å². The Morgan fingerprint density at radius 2 is 2.00 bits per heavy atom. The summed E-state index contributed by atoms with van der Waals surface area (Å²) in [5.74, 6) is -0.903. The van der Waals surface area contributed by atoms with Gasteiger partial charge in [0.05, 0.1) is 0 Å². The van der Waals surface area contributed by atoms with E-state index in [0.29, 0.717) is 12.0 Å². The maximum atomic E-state index is 11.6. The van der Waals surface area contributed by atoms with Gasteiger partial charge in [-0.25, -0.2) is 4.79 Å². The third-order valence-electron chi connectivity index (χ3n) is 2.90. The van der Waals surface area contributed by atoms with Crippen LogP contribution in [0.2, 0.25) is 0 Å². The molecule has 0 aliphatic carbocycles. The summed E-state index contributed by atoms with van der Waals surface area (Å²) in [4.78, 5) is 22.5. The number of fused-ring (bicyclic) bond motifs is 1. The van der Waals surface area contributed by atoms with Gasteiger partial charge in [0.15, 0.2) is 5.78 Å². The molecule has 0 aliphatic heterocycles. The minimum Gasteiger partial charge on any atom is -0.477 e. The van der Waals surface area contributed by atoms with Gasteiger partial charge in [0.1, 0.15) is 5.69 Å². The summed E-state index contributed by atoms with van der Waals surface area (Å²) in [6.07, 6.45) is 0.449. The van der Waals surface area contributed by atoms with Crippen molar-refractivity contribution in [1.29, 1.82) is 0 Å². The molecular formula is C13H13NO3. The molecule has 88 valence electrons. The van der Waals surface area contributed by atoms with Gasteiger partial charge in [-0.2, -0.15) is 0 Å². The van der Waals surface area contributed by atoms with Crippen LogP contribution in [0, 0.1) is 0 Å². The topological polar surface area (TPSA) is 59.3 Å². The van der Waals surface area contributed by atoms with Crippen molar-refractivity contribution < 1.29 is 14.7 Å². The van der Waals surface area contributed by atoms with E-state index in [1.165, 1.54) is 0 Å². The Labute approximate surface area is 98.5 Å². The largest absolute Gasteiger partial charge is 0.477 e. The van der Waals surface area contributed by atoms with E-state index in [1.807, 2.05) is 0 Å². The van der Waals surface area contributed by atoms with Crippen molar-refractivity contribution in [2.75, 3.05) is 0 Å². The predicted molar refractivity (Wildman–Crippen MR) is 64.5 cm³/mol. The van der Waals surface area contributed by atoms with Crippen molar-refractivity contribution in [3.63, 3.8) is 0 Å². The van der Waals surface area contributed by atoms with Crippen molar-refractivity contribution in [1.82, 2.24) is 4.57 Å². The Bertz CT molecular complexity index is 610. The van der Waals surface area contributed by atoms with Crippen LogP contribution in [0.5, 0.6) is 0 Å². The number of benzene rings is 1. The zero-order valence-corrected chi connectivity index (χ0v) is 9.73. The van der Waals surface area contributed by atoms with Gasteiger partial charge in [0, 0.05) is 29.9 Å². The molecule has 2 rings (SSSR count). The number of Topliss-reactive ketones (excluding diaryl/α,β-unsaturated/α-hetero) is 1. The minimum absolute atomic E-state index is 0.0626. The summed E-state index contributed by atoms with van der Waals surface area (Å²) < 4.78 is 1.61. The molecule has 1 aromatic carbocycles. The first-order valence-electron chi connectivity index (χ1n) is 5.40. The smallest absolute Gasteiger partial charge is 0.352 e. The predicted octanol–water partition coefficient (Wildman–Crippen LogP) is 2.47. The molecule has 4 nitrogen and oxygen atoms in total. The third-order valence-corrected chi connectivity index (χ3v) is 2.90. The number of carbonyl (C=O) groups is 2. The lowest BCUT2D eigenvalue weighted by atomic mass is 10.1. The molecule has 17 heavy (non-hydrogen) atoms. The number of hydrogen-bond donors (Lipinski definition) is 1. The fourth-order valence-electron chi connectivity index (χ4n) is 1.93. The fourth-order valence-corrected chi connectivity index (χ4v) is 1.93. The quantitative estimate of drug-likeness (QED) is 0.825. The van der Waals surface area contributed by atoms with Crippen LogP contribution in [-0.4, -0.2) is 21.4 Å². The van der Waals surface area contributed by atoms with Crippen molar-refractivity contribution in [2.45, 2.75) is 13.3 Å². The van der Waals surface area contributed by atoms with E-state index in [4.69, 9.17) is 5.11 Å². The van der Waals surface area contributed by atoms with Crippen LogP contribution < -0.4 is 0 Å². The van der Waals surface area contributed by atoms with Gasteiger partial charge in [-0.1, -0.05) is 6.92 Å². The van der Waals surface area contributed by atoms with Crippen LogP contribution in [0.1, 0.15) is 34.2 Å². The van der Waals surface area contributed by atoms with Crippen molar-refractivity contribution >= 4 is 22.7 Å². The van der Waals surface area contributed by atoms with E-state index < -0.39 is 5.97 Å². The van der Waals surface area contributed by atoms with E-state index in [2.05, 4.69) is 0 Å². The second-order valence-corrected chi connectivity index (χ2v) is 3.94. The Morgan fingerprint density at radius 3 is 2.59 bits per heavy atom. The van der Waals surface area contributed by atoms with Crippen LogP contribution in [0.3, 0.4) is 0 Å². The molecular weight excluding hydrogens is 218 g/mol. The molecule has 0 radical (unpaired) electrons. The molecule has 0 aliphatic rings. The van der Waals surface area contributed by atoms with Crippen LogP contribution in [0.15, 0.2) is 24.3 Å². The number of carboxylic acids is 1. The Balaban J connectivity index is 2.63. The highest BCUT2D eigenvalue weighted by atomic mass is 16.4. The van der Waals surface area contributed by atoms with Crippen molar-refractivity contribution in [3.8, 4) is 0 Å². The average Bonchev–Trinajstić information content (AvgIpc) is 2.65. The lowest BCUT2D eigenvalue weighted by Crippen LogP contribution is -2.03. The maximum Gasteiger partial charge on any atom is 0.352 e. The number of carboxylic acid groups (broad SMARTS) is 1. The average molecular weight is 231 g/mol. The summed E-state index contributed by atoms with van der Waals surface area (Å²) in [6, 6.07) is 6.85. The highest BCUT2D eigenvalue weighted by molar-refractivity contribution is 6.01. The molecule has 1 N–H and O–H groups in total. The molecule has 0 saturated heterocycles. The van der Waals surface area contributed by atoms with Gasteiger partial charge in [0.25, 0.3) is 0 Å². The number of hydrogen-bond acceptors (Lipinski definition) is 2. The first kappa shape index (κ1) is 11.4. The van der Waals surface area contributed by atoms with E-state index in [0.717, 1.165) is 10.9 Å². The molecule has 0 fully saturated rings. The standard InChI is InChI=1S/C13H13NO3/c1-3-12(15)8-4-5-10-9(6-8)7-11(13(16)17)14(10)2/h4-7H,3H2,1-2H3,(H,16,17). The highest BCUT2D eigenvalue weighted by Crippen LogP contribution is 2.21. The molecule has 0 unspecified atom stereocenters. The van der Waals surface area contributed by atoms with Crippen LogP contribution >= 0.6 is 0 Å². The Kier molecular flexibility index (Phi) is 2.71. The third kappa shape index (κ3) is 1.82. The number of aryl methyl sites for hydroxylation is 1. The molecule has 0 bridgehead atoms. The molecule has 1 aromatic heterocycles. The lowest BCUT2D eigenvalue weighted by molar-refractivity contribution is 0.0687. The fraction of sp³-hybridized carbons (Fsp3) is 0.231. The maximum absolute atomic E-state index is 11.6. The SMILES string of the molecule is CCC(=O)c1ccc2c(c1)cc(C(=O)O)n2C. The van der Waals surface area contributed by atoms with Crippen LogP contribution in [0.25, 0.3) is 10.9 Å². The van der Waals surface area contributed by atoms with Crippen LogP contribution in [0.4, 0.5) is 0 Å². The van der Waals surface area contributed by atoms with Crippen LogP contribution in [-0.2, 0) is 7.05 Å². The Hall–Kier alpha value is -2.10. The minimum atomic E-state index is -0.966. The zero-order chi connectivity index (χ0) is 12.6. The van der Waals surface area contributed by atoms with Gasteiger partial charge in [-0.3, -0.25) is 4.79 Å². The molecule has 0 spiro atoms. The second kappa shape index (κ2) is 4.05. The molecule has 1 heterocycles. The van der Waals surface area contributed by atoms with E-state index >= 15 is 0 Å². The number of aromatic carboxylic acids is 1. The monoisotopic (exact) mass is 231 g/mol. The molecule has 2 aromatic rings. The summed E-state index contributed by atoms with van der Waals surface area (Å²) in [5.41, 5.74) is 1.67. The van der Waals surface area contributed by atoms with E-state index in [1.54, 1.807) is 42.8 Å². The van der Waals surface area contributed by atoms with E-state index in [9.17, 15) is 9.59 Å². The lowest BCUT2D eigenvalue weighted by Gasteiger charge is -2.00. The highest BCUT2D eigenvalue weighted by Gasteiger charge is 2.13. The molecule has 0 amide bonds. The number of rotatable bonds is 3. The summed E-state index contributed by atoms with van der Waals surface area (Å²) in [5, 5.41) is 9.79. The molecule has 0 atom stereocenters. The van der Waals surface area contributed by atoms with Crippen molar-refractivity contribution in [3.05, 3.63) is 35.5 Å². The van der Waals surface area contributed by atoms with Gasteiger partial charge in [-0.15, -0.1) is 0 Å². The zero-order valence-electron chi connectivity index (χ0n) is 9.73. The normalized spacial score (nSPS) is 10.7. The van der Waals surface area contributed by atoms with Gasteiger partial charge in [-0.05, 0) is 24.3 Å². The Morgan fingerprint density at radius 1 is 1.29 bits per heavy atom. The number of nitrogens with zero attached hydrogens (tertiary/aromatic N) is 1. The number of carbonyl (C=O) groups excluding carboxylic acids is 1. The number of aromatic nitrogens is 1. The van der Waals surface area contributed by atoms with Gasteiger partial charge in [0.2, 0.25) is 0 Å². The molecule has 0 saturated carbocycles. The summed E-state index contributed by atoms with van der Waals surface area (Å²) in [6.45, 7) is 1.81. The van der Waals surface area contributed by atoms with Crippen molar-refractivity contribution in [2.24, 2.45) is 7.05 Å². The summed E-state index contributed by atoms with van der Waals surface area (Å²) >= 11 is 0. The van der Waals surface area contributed by atoms with E-state index in [-0.39, 0.29) is 11.5 Å². The van der Waals surface area contributed by atoms with Gasteiger partial charge < -0.3 is 9.67 Å². The first-order chi connectivity index (χ1) is 8.04. The number of ketones is 1. The summed E-state index contributed by atoms with van der Waals surface area (Å²) in [7, 11) is 1.70. The second-order valence-electron chi connectivity index (χ2n) is 3.94.